The van der Waals surface area contributed by atoms with E-state index >= 15 is 0 Å². The molecule has 1 aromatic heterocycles. The molecule has 0 amide bonds. The van der Waals surface area contributed by atoms with E-state index in [1.807, 2.05) is 12.3 Å². The van der Waals surface area contributed by atoms with E-state index in [-0.39, 0.29) is 0 Å². The van der Waals surface area contributed by atoms with Gasteiger partial charge in [0.1, 0.15) is 0 Å². The molecule has 0 aliphatic carbocycles. The molecule has 0 saturated heterocycles. The highest BCUT2D eigenvalue weighted by Gasteiger charge is 2.14. The summed E-state index contributed by atoms with van der Waals surface area (Å²) in [6.45, 7) is 8.74. The molecule has 2 aromatic rings. The molecular weight excluding hydrogens is 220 g/mol. The molecule has 0 radical (unpaired) electrons. The Labute approximate surface area is 109 Å². The van der Waals surface area contributed by atoms with Crippen LogP contribution in [-0.2, 0) is 6.54 Å². The van der Waals surface area contributed by atoms with Gasteiger partial charge in [0, 0.05) is 24.7 Å². The Balaban J connectivity index is 2.08. The highest BCUT2D eigenvalue weighted by atomic mass is 14.9. The average Bonchev–Trinajstić information content (AvgIpc) is 2.39. The molecular formula is C16H22N2. The van der Waals surface area contributed by atoms with Gasteiger partial charge in [-0.2, -0.15) is 0 Å². The molecule has 96 valence electrons. The SMILES string of the molecule is CCC(C)(C)CNCc1cccc2cccnc12. The van der Waals surface area contributed by atoms with Crippen LogP contribution in [0.25, 0.3) is 10.9 Å². The number of fused-ring (bicyclic) bond motifs is 1. The van der Waals surface area contributed by atoms with Gasteiger partial charge in [0.15, 0.2) is 0 Å². The fraction of sp³-hybridized carbons (Fsp3) is 0.438. The van der Waals surface area contributed by atoms with Crippen LogP contribution in [0.15, 0.2) is 36.5 Å². The summed E-state index contributed by atoms with van der Waals surface area (Å²) in [7, 11) is 0. The summed E-state index contributed by atoms with van der Waals surface area (Å²) in [5.74, 6) is 0. The maximum Gasteiger partial charge on any atom is 0.0746 e. The lowest BCUT2D eigenvalue weighted by atomic mass is 9.90. The average molecular weight is 242 g/mol. The van der Waals surface area contributed by atoms with E-state index in [1.54, 1.807) is 0 Å². The van der Waals surface area contributed by atoms with E-state index in [0.717, 1.165) is 18.6 Å². The maximum absolute atomic E-state index is 4.48. The second-order valence-corrected chi connectivity index (χ2v) is 5.61. The van der Waals surface area contributed by atoms with Crippen molar-refractivity contribution in [2.24, 2.45) is 5.41 Å². The number of para-hydroxylation sites is 1. The van der Waals surface area contributed by atoms with Crippen molar-refractivity contribution >= 4 is 10.9 Å². The first-order valence-corrected chi connectivity index (χ1v) is 6.66. The van der Waals surface area contributed by atoms with Crippen LogP contribution >= 0.6 is 0 Å². The predicted octanol–water partition coefficient (Wildman–Crippen LogP) is 3.76. The zero-order valence-electron chi connectivity index (χ0n) is 11.5. The molecule has 0 spiro atoms. The summed E-state index contributed by atoms with van der Waals surface area (Å²) in [6, 6.07) is 10.5. The summed E-state index contributed by atoms with van der Waals surface area (Å²) in [5, 5.41) is 4.76. The van der Waals surface area contributed by atoms with Crippen LogP contribution in [0, 0.1) is 5.41 Å². The van der Waals surface area contributed by atoms with Crippen LogP contribution in [0.3, 0.4) is 0 Å². The molecule has 0 fully saturated rings. The third-order valence-electron chi connectivity index (χ3n) is 3.59. The van der Waals surface area contributed by atoms with E-state index in [9.17, 15) is 0 Å². The number of hydrogen-bond donors (Lipinski definition) is 1. The van der Waals surface area contributed by atoms with Crippen molar-refractivity contribution in [2.75, 3.05) is 6.54 Å². The van der Waals surface area contributed by atoms with Gasteiger partial charge in [-0.05, 0) is 23.5 Å². The normalized spacial score (nSPS) is 11.9. The highest BCUT2D eigenvalue weighted by Crippen LogP contribution is 2.19. The quantitative estimate of drug-likeness (QED) is 0.863. The van der Waals surface area contributed by atoms with Gasteiger partial charge in [-0.25, -0.2) is 0 Å². The van der Waals surface area contributed by atoms with Crippen LogP contribution in [0.1, 0.15) is 32.8 Å². The minimum Gasteiger partial charge on any atom is -0.312 e. The number of rotatable bonds is 5. The number of hydrogen-bond acceptors (Lipinski definition) is 2. The molecule has 0 bridgehead atoms. The first-order chi connectivity index (χ1) is 8.62. The molecule has 0 atom stereocenters. The molecule has 1 aromatic carbocycles. The van der Waals surface area contributed by atoms with Crippen molar-refractivity contribution in [1.82, 2.24) is 10.3 Å². The molecule has 2 heteroatoms. The molecule has 2 nitrogen and oxygen atoms in total. The first-order valence-electron chi connectivity index (χ1n) is 6.66. The maximum atomic E-state index is 4.48. The van der Waals surface area contributed by atoms with Gasteiger partial charge >= 0.3 is 0 Å². The van der Waals surface area contributed by atoms with E-state index in [2.05, 4.69) is 55.3 Å². The van der Waals surface area contributed by atoms with Crippen molar-refractivity contribution in [3.05, 3.63) is 42.1 Å². The van der Waals surface area contributed by atoms with Gasteiger partial charge in [0.2, 0.25) is 0 Å². The molecule has 1 N–H and O–H groups in total. The van der Waals surface area contributed by atoms with Gasteiger partial charge in [0.05, 0.1) is 5.52 Å². The molecule has 2 rings (SSSR count). The van der Waals surface area contributed by atoms with E-state index in [4.69, 9.17) is 0 Å². The van der Waals surface area contributed by atoms with Gasteiger partial charge in [-0.15, -0.1) is 0 Å². The zero-order valence-corrected chi connectivity index (χ0v) is 11.5. The lowest BCUT2D eigenvalue weighted by Crippen LogP contribution is -2.28. The van der Waals surface area contributed by atoms with Gasteiger partial charge in [0.25, 0.3) is 0 Å². The summed E-state index contributed by atoms with van der Waals surface area (Å²) >= 11 is 0. The van der Waals surface area contributed by atoms with Crippen LogP contribution < -0.4 is 5.32 Å². The molecule has 18 heavy (non-hydrogen) atoms. The Hall–Kier alpha value is -1.41. The number of aromatic nitrogens is 1. The number of nitrogens with one attached hydrogen (secondary N) is 1. The molecule has 1 heterocycles. The van der Waals surface area contributed by atoms with Crippen LogP contribution in [0.4, 0.5) is 0 Å². The number of pyridine rings is 1. The summed E-state index contributed by atoms with van der Waals surface area (Å²) in [4.78, 5) is 4.48. The Bertz CT molecular complexity index is 512. The smallest absolute Gasteiger partial charge is 0.0746 e. The standard InChI is InChI=1S/C16H22N2/c1-4-16(2,3)12-17-11-14-8-5-7-13-9-6-10-18-15(13)14/h5-10,17H,4,11-12H2,1-3H3. The fourth-order valence-electron chi connectivity index (χ4n) is 1.97. The minimum atomic E-state index is 0.359. The van der Waals surface area contributed by atoms with Crippen molar-refractivity contribution in [3.63, 3.8) is 0 Å². The van der Waals surface area contributed by atoms with Crippen molar-refractivity contribution in [3.8, 4) is 0 Å². The molecule has 0 unspecified atom stereocenters. The second kappa shape index (κ2) is 5.49. The Morgan fingerprint density at radius 3 is 2.72 bits per heavy atom. The lowest BCUT2D eigenvalue weighted by Gasteiger charge is -2.23. The number of nitrogens with zero attached hydrogens (tertiary/aromatic N) is 1. The highest BCUT2D eigenvalue weighted by molar-refractivity contribution is 5.81. The molecule has 0 saturated carbocycles. The topological polar surface area (TPSA) is 24.9 Å². The summed E-state index contributed by atoms with van der Waals surface area (Å²) < 4.78 is 0. The predicted molar refractivity (Wildman–Crippen MR) is 77.5 cm³/mol. The van der Waals surface area contributed by atoms with Crippen molar-refractivity contribution < 1.29 is 0 Å². The monoisotopic (exact) mass is 242 g/mol. The Morgan fingerprint density at radius 2 is 1.94 bits per heavy atom. The van der Waals surface area contributed by atoms with Gasteiger partial charge < -0.3 is 5.32 Å². The zero-order chi connectivity index (χ0) is 13.0. The summed E-state index contributed by atoms with van der Waals surface area (Å²) in [6.07, 6.45) is 3.05. The summed E-state index contributed by atoms with van der Waals surface area (Å²) in [5.41, 5.74) is 2.75. The third-order valence-corrected chi connectivity index (χ3v) is 3.59. The Kier molecular flexibility index (Phi) is 3.97. The van der Waals surface area contributed by atoms with E-state index in [0.29, 0.717) is 5.41 Å². The minimum absolute atomic E-state index is 0.359. The van der Waals surface area contributed by atoms with Crippen LogP contribution in [0.5, 0.6) is 0 Å². The van der Waals surface area contributed by atoms with E-state index < -0.39 is 0 Å². The largest absolute Gasteiger partial charge is 0.312 e. The molecule has 0 aliphatic rings. The number of benzene rings is 1. The fourth-order valence-corrected chi connectivity index (χ4v) is 1.97. The molecule has 0 aliphatic heterocycles. The van der Waals surface area contributed by atoms with E-state index in [1.165, 1.54) is 17.4 Å². The van der Waals surface area contributed by atoms with Crippen LogP contribution in [-0.4, -0.2) is 11.5 Å². The van der Waals surface area contributed by atoms with Gasteiger partial charge in [-0.1, -0.05) is 45.0 Å². The third kappa shape index (κ3) is 3.08. The first kappa shape index (κ1) is 13.0. The van der Waals surface area contributed by atoms with Crippen LogP contribution in [0.2, 0.25) is 0 Å². The van der Waals surface area contributed by atoms with Crippen molar-refractivity contribution in [1.29, 1.82) is 0 Å². The lowest BCUT2D eigenvalue weighted by molar-refractivity contribution is 0.328. The second-order valence-electron chi connectivity index (χ2n) is 5.61. The Morgan fingerprint density at radius 1 is 1.17 bits per heavy atom. The van der Waals surface area contributed by atoms with Crippen molar-refractivity contribution in [2.45, 2.75) is 33.7 Å². The van der Waals surface area contributed by atoms with Gasteiger partial charge in [-0.3, -0.25) is 4.98 Å².